The predicted molar refractivity (Wildman–Crippen MR) is 61.4 cm³/mol. The highest BCUT2D eigenvalue weighted by Gasteiger charge is 2.27. The van der Waals surface area contributed by atoms with Crippen molar-refractivity contribution in [1.29, 1.82) is 0 Å². The van der Waals surface area contributed by atoms with Crippen molar-refractivity contribution < 1.29 is 27.9 Å². The highest BCUT2D eigenvalue weighted by atomic mass is 32.2. The zero-order valence-electron chi connectivity index (χ0n) is 8.75. The molecule has 0 bridgehead atoms. The third kappa shape index (κ3) is 13.4. The third-order valence-electron chi connectivity index (χ3n) is 1.29. The van der Waals surface area contributed by atoms with Crippen molar-refractivity contribution in [2.45, 2.75) is 6.18 Å². The number of carbonyl (C=O) groups is 2. The second-order valence-corrected chi connectivity index (χ2v) is 5.00. The van der Waals surface area contributed by atoms with Crippen molar-refractivity contribution in [2.75, 3.05) is 29.6 Å². The Morgan fingerprint density at radius 1 is 1.18 bits per heavy atom. The lowest BCUT2D eigenvalue weighted by molar-refractivity contribution is -0.134. The molecule has 0 spiro atoms. The van der Waals surface area contributed by atoms with Gasteiger partial charge in [-0.1, -0.05) is 0 Å². The van der Waals surface area contributed by atoms with E-state index in [1.807, 2.05) is 0 Å². The minimum atomic E-state index is -4.26. The maximum atomic E-state index is 11.7. The van der Waals surface area contributed by atoms with E-state index < -0.39 is 23.8 Å². The van der Waals surface area contributed by atoms with Crippen LogP contribution in [-0.2, 0) is 9.59 Å². The fraction of sp³-hybridized carbons (Fsp3) is 0.750. The van der Waals surface area contributed by atoms with E-state index in [1.54, 1.807) is 0 Å². The molecule has 0 fully saturated rings. The van der Waals surface area contributed by atoms with Gasteiger partial charge in [-0.25, -0.2) is 0 Å². The van der Waals surface area contributed by atoms with E-state index in [9.17, 15) is 22.8 Å². The Hall–Kier alpha value is -0.570. The van der Waals surface area contributed by atoms with Crippen LogP contribution < -0.4 is 5.32 Å². The van der Waals surface area contributed by atoms with Gasteiger partial charge in [-0.2, -0.15) is 13.2 Å². The molecule has 17 heavy (non-hydrogen) atoms. The van der Waals surface area contributed by atoms with Gasteiger partial charge >= 0.3 is 12.1 Å². The first-order chi connectivity index (χ1) is 7.81. The number of hydrogen-bond acceptors (Lipinski definition) is 4. The Kier molecular flexibility index (Phi) is 8.23. The Labute approximate surface area is 105 Å². The molecular formula is C8H12F3NO3S2. The van der Waals surface area contributed by atoms with Crippen LogP contribution >= 0.6 is 23.5 Å². The summed E-state index contributed by atoms with van der Waals surface area (Å²) < 4.78 is 35.2. The van der Waals surface area contributed by atoms with Gasteiger partial charge in [-0.15, -0.1) is 23.5 Å². The molecule has 0 aromatic rings. The molecule has 0 rings (SSSR count). The number of carboxylic acid groups (broad SMARTS) is 1. The average Bonchev–Trinajstić information content (AvgIpc) is 2.14. The number of carbonyl (C=O) groups excluding carboxylic acids is 1. The molecule has 1 amide bonds. The molecule has 0 aliphatic heterocycles. The summed E-state index contributed by atoms with van der Waals surface area (Å²) in [6, 6.07) is 0. The van der Waals surface area contributed by atoms with Crippen molar-refractivity contribution in [1.82, 2.24) is 5.32 Å². The number of carboxylic acids is 1. The molecule has 9 heteroatoms. The molecule has 0 heterocycles. The molecule has 0 aliphatic rings. The third-order valence-corrected chi connectivity index (χ3v) is 3.23. The Morgan fingerprint density at radius 2 is 1.82 bits per heavy atom. The Balaban J connectivity index is 3.38. The highest BCUT2D eigenvalue weighted by molar-refractivity contribution is 8.00. The van der Waals surface area contributed by atoms with Crippen LogP contribution in [-0.4, -0.2) is 52.7 Å². The van der Waals surface area contributed by atoms with Gasteiger partial charge in [0.2, 0.25) is 5.91 Å². The topological polar surface area (TPSA) is 66.4 Å². The first-order valence-corrected chi connectivity index (χ1v) is 6.83. The molecular weight excluding hydrogens is 279 g/mol. The van der Waals surface area contributed by atoms with E-state index >= 15 is 0 Å². The molecule has 0 radical (unpaired) electrons. The lowest BCUT2D eigenvalue weighted by atomic mass is 10.6. The summed E-state index contributed by atoms with van der Waals surface area (Å²) in [7, 11) is 0. The first kappa shape index (κ1) is 16.4. The largest absolute Gasteiger partial charge is 0.481 e. The van der Waals surface area contributed by atoms with E-state index in [2.05, 4.69) is 5.32 Å². The van der Waals surface area contributed by atoms with Crippen molar-refractivity contribution in [3.63, 3.8) is 0 Å². The van der Waals surface area contributed by atoms with Crippen LogP contribution in [0.15, 0.2) is 0 Å². The second kappa shape index (κ2) is 8.51. The molecule has 4 nitrogen and oxygen atoms in total. The monoisotopic (exact) mass is 291 g/mol. The summed E-state index contributed by atoms with van der Waals surface area (Å²) in [5, 5.41) is 10.7. The zero-order valence-corrected chi connectivity index (χ0v) is 10.4. The zero-order chi connectivity index (χ0) is 13.3. The number of halogens is 3. The predicted octanol–water partition coefficient (Wildman–Crippen LogP) is 1.22. The highest BCUT2D eigenvalue weighted by Crippen LogP contribution is 2.20. The van der Waals surface area contributed by atoms with Crippen molar-refractivity contribution in [2.24, 2.45) is 0 Å². The maximum absolute atomic E-state index is 11.7. The lowest BCUT2D eigenvalue weighted by Crippen LogP contribution is -2.28. The number of thioether (sulfide) groups is 2. The van der Waals surface area contributed by atoms with Gasteiger partial charge in [-0.05, 0) is 0 Å². The van der Waals surface area contributed by atoms with E-state index in [0.717, 1.165) is 11.8 Å². The van der Waals surface area contributed by atoms with Gasteiger partial charge in [-0.3, -0.25) is 9.59 Å². The summed E-state index contributed by atoms with van der Waals surface area (Å²) in [5.41, 5.74) is 0. The van der Waals surface area contributed by atoms with Crippen LogP contribution in [0.1, 0.15) is 0 Å². The van der Waals surface area contributed by atoms with Gasteiger partial charge in [0.15, 0.2) is 0 Å². The number of hydrogen-bond donors (Lipinski definition) is 2. The average molecular weight is 291 g/mol. The summed E-state index contributed by atoms with van der Waals surface area (Å²) in [4.78, 5) is 21.1. The van der Waals surface area contributed by atoms with Crippen LogP contribution in [0.25, 0.3) is 0 Å². The van der Waals surface area contributed by atoms with Gasteiger partial charge in [0.05, 0.1) is 17.3 Å². The minimum Gasteiger partial charge on any atom is -0.481 e. The molecule has 2 N–H and O–H groups in total. The SMILES string of the molecule is O=C(O)CSCCNC(=O)CSCC(F)(F)F. The Morgan fingerprint density at radius 3 is 2.35 bits per heavy atom. The number of alkyl halides is 3. The fourth-order valence-electron chi connectivity index (χ4n) is 0.733. The number of amides is 1. The summed E-state index contributed by atoms with van der Waals surface area (Å²) in [6.45, 7) is 0.253. The van der Waals surface area contributed by atoms with Crippen LogP contribution in [0.3, 0.4) is 0 Å². The molecule has 0 aromatic carbocycles. The quantitative estimate of drug-likeness (QED) is 0.658. The summed E-state index contributed by atoms with van der Waals surface area (Å²) in [6.07, 6.45) is -4.26. The second-order valence-electron chi connectivity index (χ2n) is 2.90. The Bertz CT molecular complexity index is 261. The van der Waals surface area contributed by atoms with Crippen molar-refractivity contribution >= 4 is 35.4 Å². The molecule has 0 unspecified atom stereocenters. The van der Waals surface area contributed by atoms with Gasteiger partial charge < -0.3 is 10.4 Å². The van der Waals surface area contributed by atoms with Crippen LogP contribution in [0.4, 0.5) is 13.2 Å². The van der Waals surface area contributed by atoms with Crippen molar-refractivity contribution in [3.8, 4) is 0 Å². The van der Waals surface area contributed by atoms with Crippen LogP contribution in [0.5, 0.6) is 0 Å². The summed E-state index contributed by atoms with van der Waals surface area (Å²) >= 11 is 1.63. The molecule has 100 valence electrons. The first-order valence-electron chi connectivity index (χ1n) is 4.52. The lowest BCUT2D eigenvalue weighted by Gasteiger charge is -2.06. The minimum absolute atomic E-state index is 0.0569. The number of nitrogens with one attached hydrogen (secondary N) is 1. The smallest absolute Gasteiger partial charge is 0.397 e. The van der Waals surface area contributed by atoms with Gasteiger partial charge in [0.25, 0.3) is 0 Å². The summed E-state index contributed by atoms with van der Waals surface area (Å²) in [5.74, 6) is -2.35. The maximum Gasteiger partial charge on any atom is 0.397 e. The van der Waals surface area contributed by atoms with Gasteiger partial charge in [0, 0.05) is 12.3 Å². The van der Waals surface area contributed by atoms with Crippen LogP contribution in [0.2, 0.25) is 0 Å². The number of aliphatic carboxylic acids is 1. The van der Waals surface area contributed by atoms with Crippen LogP contribution in [0, 0.1) is 0 Å². The molecule has 0 saturated carbocycles. The normalized spacial score (nSPS) is 11.2. The van der Waals surface area contributed by atoms with E-state index in [0.29, 0.717) is 17.5 Å². The van der Waals surface area contributed by atoms with Gasteiger partial charge in [0.1, 0.15) is 0 Å². The fourth-order valence-corrected chi connectivity index (χ4v) is 1.92. The molecule has 0 aliphatic carbocycles. The van der Waals surface area contributed by atoms with E-state index in [4.69, 9.17) is 5.11 Å². The molecule has 0 atom stereocenters. The van der Waals surface area contributed by atoms with Crippen molar-refractivity contribution in [3.05, 3.63) is 0 Å². The number of rotatable bonds is 8. The van der Waals surface area contributed by atoms with E-state index in [-0.39, 0.29) is 18.1 Å². The standard InChI is InChI=1S/C8H12F3NO3S2/c9-8(10,11)5-17-3-6(13)12-1-2-16-4-7(14)15/h1-5H2,(H,12,13)(H,14,15). The molecule has 0 aromatic heterocycles. The van der Waals surface area contributed by atoms with E-state index in [1.165, 1.54) is 0 Å². The molecule has 0 saturated heterocycles.